The fourth-order valence-corrected chi connectivity index (χ4v) is 3.28. The third kappa shape index (κ3) is 3.42. The SMILES string of the molecule is Cc1cccc([N+](=O)[O-])c1N(C(N)=O)c1nc2c(c(C(F)F)n1)CCCC2. The van der Waals surface area contributed by atoms with Gasteiger partial charge < -0.3 is 5.73 Å². The lowest BCUT2D eigenvalue weighted by Gasteiger charge is -2.24. The zero-order valence-corrected chi connectivity index (χ0v) is 14.5. The second-order valence-corrected chi connectivity index (χ2v) is 6.22. The van der Waals surface area contributed by atoms with Gasteiger partial charge in [0.15, 0.2) is 0 Å². The van der Waals surface area contributed by atoms with Crippen LogP contribution in [-0.4, -0.2) is 20.9 Å². The standard InChI is InChI=1S/C17H17F2N5O3/c1-9-5-4-8-12(24(26)27)14(9)23(16(20)25)17-21-11-7-3-2-6-10(11)13(22-17)15(18)19/h4-5,8,15H,2-3,6-7H2,1H3,(H2,20,25). The second-order valence-electron chi connectivity index (χ2n) is 6.22. The number of primary amides is 1. The van der Waals surface area contributed by atoms with Crippen molar-refractivity contribution in [3.8, 4) is 0 Å². The average Bonchev–Trinajstić information content (AvgIpc) is 2.62. The summed E-state index contributed by atoms with van der Waals surface area (Å²) in [5, 5.41) is 11.4. The van der Waals surface area contributed by atoms with E-state index in [1.807, 2.05) is 0 Å². The van der Waals surface area contributed by atoms with Gasteiger partial charge in [0, 0.05) is 17.3 Å². The molecule has 3 rings (SSSR count). The van der Waals surface area contributed by atoms with E-state index < -0.39 is 28.8 Å². The summed E-state index contributed by atoms with van der Waals surface area (Å²) < 4.78 is 27.1. The number of nitro groups is 1. The number of aromatic nitrogens is 2. The molecular weight excluding hydrogens is 360 g/mol. The van der Waals surface area contributed by atoms with Gasteiger partial charge in [0.05, 0.1) is 4.92 Å². The van der Waals surface area contributed by atoms with Crippen molar-refractivity contribution in [2.45, 2.75) is 39.0 Å². The summed E-state index contributed by atoms with van der Waals surface area (Å²) in [6, 6.07) is 3.10. The third-order valence-electron chi connectivity index (χ3n) is 4.47. The number of fused-ring (bicyclic) bond motifs is 1. The number of nitrogens with two attached hydrogens (primary N) is 1. The Morgan fingerprint density at radius 2 is 2.00 bits per heavy atom. The molecule has 1 heterocycles. The number of rotatable bonds is 4. The van der Waals surface area contributed by atoms with E-state index in [-0.39, 0.29) is 11.6 Å². The summed E-state index contributed by atoms with van der Waals surface area (Å²) in [5.74, 6) is -0.379. The molecule has 0 saturated heterocycles. The maximum Gasteiger partial charge on any atom is 0.326 e. The molecule has 1 aliphatic rings. The van der Waals surface area contributed by atoms with Gasteiger partial charge in [0.2, 0.25) is 5.95 Å². The van der Waals surface area contributed by atoms with Gasteiger partial charge in [0.25, 0.3) is 12.1 Å². The minimum Gasteiger partial charge on any atom is -0.351 e. The molecule has 2 amide bonds. The number of carbonyl (C=O) groups is 1. The van der Waals surface area contributed by atoms with Crippen LogP contribution in [0, 0.1) is 17.0 Å². The molecule has 142 valence electrons. The molecule has 0 atom stereocenters. The van der Waals surface area contributed by atoms with Crippen molar-refractivity contribution >= 4 is 23.4 Å². The number of anilines is 2. The molecule has 0 fully saturated rings. The quantitative estimate of drug-likeness (QED) is 0.644. The number of carbonyl (C=O) groups excluding carboxylic acids is 1. The van der Waals surface area contributed by atoms with E-state index in [0.717, 1.165) is 17.7 Å². The monoisotopic (exact) mass is 377 g/mol. The zero-order valence-electron chi connectivity index (χ0n) is 14.5. The molecule has 0 radical (unpaired) electrons. The average molecular weight is 377 g/mol. The van der Waals surface area contributed by atoms with Crippen LogP contribution in [0.1, 0.15) is 41.8 Å². The van der Waals surface area contributed by atoms with E-state index in [2.05, 4.69) is 9.97 Å². The number of para-hydroxylation sites is 1. The van der Waals surface area contributed by atoms with Crippen LogP contribution in [-0.2, 0) is 12.8 Å². The number of nitrogens with zero attached hydrogens (tertiary/aromatic N) is 4. The lowest BCUT2D eigenvalue weighted by Crippen LogP contribution is -2.34. The number of alkyl halides is 2. The lowest BCUT2D eigenvalue weighted by atomic mass is 9.95. The highest BCUT2D eigenvalue weighted by atomic mass is 19.3. The van der Waals surface area contributed by atoms with Crippen LogP contribution in [0.25, 0.3) is 0 Å². The van der Waals surface area contributed by atoms with Crippen molar-refractivity contribution in [2.24, 2.45) is 5.73 Å². The number of hydrogen-bond donors (Lipinski definition) is 1. The van der Waals surface area contributed by atoms with E-state index in [9.17, 15) is 23.7 Å². The first-order valence-corrected chi connectivity index (χ1v) is 8.32. The maximum atomic E-state index is 13.6. The van der Waals surface area contributed by atoms with Gasteiger partial charge in [-0.3, -0.25) is 10.1 Å². The van der Waals surface area contributed by atoms with Crippen LogP contribution < -0.4 is 10.6 Å². The molecule has 1 aromatic heterocycles. The lowest BCUT2D eigenvalue weighted by molar-refractivity contribution is -0.384. The number of benzene rings is 1. The van der Waals surface area contributed by atoms with Crippen LogP contribution in [0.2, 0.25) is 0 Å². The molecule has 0 aliphatic heterocycles. The van der Waals surface area contributed by atoms with Crippen molar-refractivity contribution in [3.05, 3.63) is 50.8 Å². The van der Waals surface area contributed by atoms with Crippen LogP contribution >= 0.6 is 0 Å². The predicted octanol–water partition coefficient (Wildman–Crippen LogP) is 3.73. The van der Waals surface area contributed by atoms with Gasteiger partial charge in [-0.05, 0) is 38.2 Å². The Morgan fingerprint density at radius 3 is 2.63 bits per heavy atom. The normalized spacial score (nSPS) is 13.3. The van der Waals surface area contributed by atoms with Crippen LogP contribution in [0.4, 0.5) is 30.9 Å². The Labute approximate surface area is 153 Å². The van der Waals surface area contributed by atoms with Crippen LogP contribution in [0.3, 0.4) is 0 Å². The maximum absolute atomic E-state index is 13.6. The molecule has 0 bridgehead atoms. The first-order chi connectivity index (χ1) is 12.8. The first kappa shape index (κ1) is 18.6. The molecule has 0 unspecified atom stereocenters. The number of urea groups is 1. The number of halogens is 2. The highest BCUT2D eigenvalue weighted by molar-refractivity contribution is 5.99. The summed E-state index contributed by atoms with van der Waals surface area (Å²) in [6.07, 6.45) is -0.449. The Balaban J connectivity index is 2.25. The third-order valence-corrected chi connectivity index (χ3v) is 4.47. The Kier molecular flexibility index (Phi) is 4.98. The van der Waals surface area contributed by atoms with E-state index >= 15 is 0 Å². The van der Waals surface area contributed by atoms with Crippen molar-refractivity contribution in [3.63, 3.8) is 0 Å². The number of amides is 2. The topological polar surface area (TPSA) is 115 Å². The van der Waals surface area contributed by atoms with Gasteiger partial charge in [0.1, 0.15) is 11.4 Å². The van der Waals surface area contributed by atoms with Gasteiger partial charge >= 0.3 is 6.03 Å². The fourth-order valence-electron chi connectivity index (χ4n) is 3.28. The fraction of sp³-hybridized carbons (Fsp3) is 0.353. The minimum absolute atomic E-state index is 0.133. The molecule has 1 aromatic carbocycles. The summed E-state index contributed by atoms with van der Waals surface area (Å²) in [4.78, 5) is 31.7. The summed E-state index contributed by atoms with van der Waals surface area (Å²) in [5.41, 5.74) is 5.61. The molecule has 10 heteroatoms. The summed E-state index contributed by atoms with van der Waals surface area (Å²) in [6.45, 7) is 1.55. The number of hydrogen-bond acceptors (Lipinski definition) is 5. The zero-order chi connectivity index (χ0) is 19.7. The smallest absolute Gasteiger partial charge is 0.326 e. The first-order valence-electron chi connectivity index (χ1n) is 8.32. The van der Waals surface area contributed by atoms with Crippen molar-refractivity contribution in [1.82, 2.24) is 9.97 Å². The largest absolute Gasteiger partial charge is 0.351 e. The van der Waals surface area contributed by atoms with Crippen molar-refractivity contribution < 1.29 is 18.5 Å². The second kappa shape index (κ2) is 7.22. The van der Waals surface area contributed by atoms with Gasteiger partial charge in [-0.2, -0.15) is 0 Å². The van der Waals surface area contributed by atoms with Crippen molar-refractivity contribution in [2.75, 3.05) is 4.90 Å². The van der Waals surface area contributed by atoms with E-state index in [1.54, 1.807) is 13.0 Å². The van der Waals surface area contributed by atoms with E-state index in [1.165, 1.54) is 12.1 Å². The predicted molar refractivity (Wildman–Crippen MR) is 93.2 cm³/mol. The Bertz CT molecular complexity index is 920. The molecule has 2 aromatic rings. The molecule has 0 saturated carbocycles. The highest BCUT2D eigenvalue weighted by Gasteiger charge is 2.31. The Morgan fingerprint density at radius 1 is 1.30 bits per heavy atom. The Hall–Kier alpha value is -3.17. The molecule has 2 N–H and O–H groups in total. The summed E-state index contributed by atoms with van der Waals surface area (Å²) >= 11 is 0. The minimum atomic E-state index is -2.86. The molecule has 0 spiro atoms. The van der Waals surface area contributed by atoms with E-state index in [4.69, 9.17) is 5.73 Å². The summed E-state index contributed by atoms with van der Waals surface area (Å²) in [7, 11) is 0. The highest BCUT2D eigenvalue weighted by Crippen LogP contribution is 2.37. The number of nitro benzene ring substituents is 1. The molecule has 27 heavy (non-hydrogen) atoms. The number of aryl methyl sites for hydroxylation is 2. The van der Waals surface area contributed by atoms with Crippen molar-refractivity contribution in [1.29, 1.82) is 0 Å². The van der Waals surface area contributed by atoms with Gasteiger partial charge in [-0.15, -0.1) is 0 Å². The molecular formula is C17H17F2N5O3. The molecule has 8 nitrogen and oxygen atoms in total. The molecule has 1 aliphatic carbocycles. The van der Waals surface area contributed by atoms with Crippen LogP contribution in [0.5, 0.6) is 0 Å². The van der Waals surface area contributed by atoms with Crippen LogP contribution in [0.15, 0.2) is 18.2 Å². The van der Waals surface area contributed by atoms with Gasteiger partial charge in [-0.25, -0.2) is 28.4 Å². The van der Waals surface area contributed by atoms with Gasteiger partial charge in [-0.1, -0.05) is 12.1 Å². The van der Waals surface area contributed by atoms with E-state index in [0.29, 0.717) is 29.7 Å².